The fourth-order valence-electron chi connectivity index (χ4n) is 4.16. The van der Waals surface area contributed by atoms with Crippen LogP contribution in [0, 0.1) is 57.2 Å². The van der Waals surface area contributed by atoms with E-state index < -0.39 is 0 Å². The van der Waals surface area contributed by atoms with E-state index in [9.17, 15) is 0 Å². The minimum Gasteiger partial charge on any atom is -0.381 e. The molecule has 0 aliphatic rings. The van der Waals surface area contributed by atoms with Crippen molar-refractivity contribution in [2.75, 3.05) is 7.11 Å². The van der Waals surface area contributed by atoms with Gasteiger partial charge in [0.25, 0.3) is 0 Å². The number of hydrogen-bond donors (Lipinski definition) is 0. The van der Waals surface area contributed by atoms with E-state index in [-0.39, 0.29) is 14.9 Å². The first-order chi connectivity index (χ1) is 17.3. The quantitative estimate of drug-likeness (QED) is 0.288. The van der Waals surface area contributed by atoms with Gasteiger partial charge in [-0.15, -0.1) is 0 Å². The smallest absolute Gasteiger partial charge is 0.0580 e. The first-order valence-electron chi connectivity index (χ1n) is 16.5. The van der Waals surface area contributed by atoms with Crippen molar-refractivity contribution in [1.82, 2.24) is 0 Å². The Morgan fingerprint density at radius 3 is 0.667 bits per heavy atom. The molecular weight excluding hydrogens is 512 g/mol. The number of methoxy groups -OCH3 is 1. The maximum absolute atomic E-state index is 5.74. The molecule has 42 heavy (non-hydrogen) atoms. The fraction of sp³-hybridized carbons (Fsp3) is 1.00. The predicted molar refractivity (Wildman–Crippen MR) is 200 cm³/mol. The molecule has 264 valence electrons. The Hall–Kier alpha value is -0.0800. The highest BCUT2D eigenvalue weighted by Crippen LogP contribution is 2.32. The number of ether oxygens (including phenoxy) is 2. The largest absolute Gasteiger partial charge is 0.381 e. The maximum Gasteiger partial charge on any atom is 0.0580 e. The molecule has 0 fully saturated rings. The van der Waals surface area contributed by atoms with Crippen molar-refractivity contribution in [2.45, 2.75) is 199 Å². The van der Waals surface area contributed by atoms with Crippen LogP contribution >= 0.6 is 0 Å². The molecule has 0 bridgehead atoms. The summed E-state index contributed by atoms with van der Waals surface area (Å²) in [7, 11) is 1.77. The maximum atomic E-state index is 5.74. The van der Waals surface area contributed by atoms with E-state index in [0.29, 0.717) is 51.8 Å². The molecule has 0 aliphatic heterocycles. The van der Waals surface area contributed by atoms with Gasteiger partial charge in [0.15, 0.2) is 0 Å². The van der Waals surface area contributed by atoms with Gasteiger partial charge in [-0.05, 0) is 84.9 Å². The van der Waals surface area contributed by atoms with Gasteiger partial charge in [0, 0.05) is 7.11 Å². The van der Waals surface area contributed by atoms with E-state index in [1.807, 2.05) is 0 Å². The van der Waals surface area contributed by atoms with Crippen LogP contribution in [0.3, 0.4) is 0 Å². The van der Waals surface area contributed by atoms with Gasteiger partial charge in [0.2, 0.25) is 0 Å². The Morgan fingerprint density at radius 2 is 0.571 bits per heavy atom. The lowest BCUT2D eigenvalue weighted by molar-refractivity contribution is -0.0383. The summed E-state index contributed by atoms with van der Waals surface area (Å²) in [6.07, 6.45) is 1.05. The van der Waals surface area contributed by atoms with Gasteiger partial charge >= 0.3 is 0 Å². The van der Waals surface area contributed by atoms with E-state index >= 15 is 0 Å². The van der Waals surface area contributed by atoms with Crippen LogP contribution in [0.15, 0.2) is 0 Å². The van der Waals surface area contributed by atoms with Crippen molar-refractivity contribution < 1.29 is 9.47 Å². The second kappa shape index (κ2) is 23.3. The molecule has 0 amide bonds. The molecule has 6 atom stereocenters. The normalized spacial score (nSPS) is 16.6. The summed E-state index contributed by atoms with van der Waals surface area (Å²) in [5.41, 5.74) is 1.66. The monoisotopic (exact) mass is 605 g/mol. The third kappa shape index (κ3) is 28.7. The molecule has 0 aromatic rings. The third-order valence-corrected chi connectivity index (χ3v) is 9.73. The SMILES string of the molecule is C.C.CC(C)C(C)C(C)(C)C.CC(C)C(C)C(C)(C)C.CC(C)OC(C)C(C)C(C)(C)C.COC(C)C(C)C(C)(C)C. The van der Waals surface area contributed by atoms with E-state index in [4.69, 9.17) is 9.47 Å². The highest BCUT2D eigenvalue weighted by atomic mass is 16.5. The van der Waals surface area contributed by atoms with Gasteiger partial charge < -0.3 is 9.47 Å². The van der Waals surface area contributed by atoms with E-state index in [2.05, 4.69) is 166 Å². The van der Waals surface area contributed by atoms with Gasteiger partial charge in [0.05, 0.1) is 18.3 Å². The summed E-state index contributed by atoms with van der Waals surface area (Å²) >= 11 is 0. The van der Waals surface area contributed by atoms with Crippen molar-refractivity contribution in [3.63, 3.8) is 0 Å². The fourth-order valence-corrected chi connectivity index (χ4v) is 4.16. The zero-order valence-corrected chi connectivity index (χ0v) is 33.0. The van der Waals surface area contributed by atoms with E-state index in [0.717, 1.165) is 23.7 Å². The van der Waals surface area contributed by atoms with Gasteiger partial charge in [-0.3, -0.25) is 0 Å². The van der Waals surface area contributed by atoms with Crippen LogP contribution in [0.4, 0.5) is 0 Å². The molecule has 0 N–H and O–H groups in total. The molecule has 0 aromatic carbocycles. The van der Waals surface area contributed by atoms with Gasteiger partial charge in [-0.1, -0.05) is 153 Å². The van der Waals surface area contributed by atoms with Crippen LogP contribution in [-0.2, 0) is 9.47 Å². The van der Waals surface area contributed by atoms with Crippen molar-refractivity contribution in [3.05, 3.63) is 0 Å². The Kier molecular flexibility index (Phi) is 30.2. The van der Waals surface area contributed by atoms with Crippen LogP contribution in [0.25, 0.3) is 0 Å². The average Bonchev–Trinajstić information content (AvgIpc) is 2.74. The van der Waals surface area contributed by atoms with Crippen molar-refractivity contribution in [3.8, 4) is 0 Å². The second-order valence-corrected chi connectivity index (χ2v) is 17.9. The molecule has 2 heteroatoms. The minimum atomic E-state index is 0. The Morgan fingerprint density at radius 1 is 0.357 bits per heavy atom. The third-order valence-electron chi connectivity index (χ3n) is 9.73. The van der Waals surface area contributed by atoms with Crippen molar-refractivity contribution in [2.24, 2.45) is 57.2 Å². The van der Waals surface area contributed by atoms with Crippen molar-refractivity contribution >= 4 is 0 Å². The summed E-state index contributed by atoms with van der Waals surface area (Å²) < 4.78 is 11.0. The summed E-state index contributed by atoms with van der Waals surface area (Å²) in [6, 6.07) is 0. The highest BCUT2D eigenvalue weighted by molar-refractivity contribution is 4.76. The summed E-state index contributed by atoms with van der Waals surface area (Å²) in [6.45, 7) is 54.1. The minimum absolute atomic E-state index is 0. The van der Waals surface area contributed by atoms with Gasteiger partial charge in [-0.2, -0.15) is 0 Å². The zero-order chi connectivity index (χ0) is 33.6. The zero-order valence-electron chi connectivity index (χ0n) is 33.0. The molecule has 0 saturated carbocycles. The van der Waals surface area contributed by atoms with Crippen LogP contribution < -0.4 is 0 Å². The first-order valence-corrected chi connectivity index (χ1v) is 16.5. The van der Waals surface area contributed by atoms with Gasteiger partial charge in [0.1, 0.15) is 0 Å². The molecular formula is C40H92O2. The molecule has 2 nitrogen and oxygen atoms in total. The second-order valence-electron chi connectivity index (χ2n) is 17.9. The van der Waals surface area contributed by atoms with E-state index in [1.54, 1.807) is 7.11 Å². The molecule has 0 aliphatic carbocycles. The van der Waals surface area contributed by atoms with Crippen molar-refractivity contribution in [1.29, 1.82) is 0 Å². The highest BCUT2D eigenvalue weighted by Gasteiger charge is 2.27. The molecule has 0 rings (SSSR count). The first kappa shape index (κ1) is 54.4. The molecule has 0 spiro atoms. The molecule has 6 unspecified atom stereocenters. The van der Waals surface area contributed by atoms with Crippen LogP contribution in [-0.4, -0.2) is 25.4 Å². The summed E-state index contributed by atoms with van der Waals surface area (Å²) in [5, 5.41) is 0. The summed E-state index contributed by atoms with van der Waals surface area (Å²) in [4.78, 5) is 0. The lowest BCUT2D eigenvalue weighted by Gasteiger charge is -2.33. The Bertz CT molecular complexity index is 551. The Labute approximate surface area is 272 Å². The standard InChI is InChI=1S/C11H24O.C9H20O.2C9H20.2CH4/c1-8(2)12-10(4)9(3)11(5,6)7;1-7(8(2)10-6)9(3,4)5;2*1-7(2)8(3)9(4,5)6;;/h8-10H,1-7H3;7-8H,1-6H3;2*7-8H,1-6H3;2*1H4. The van der Waals surface area contributed by atoms with Gasteiger partial charge in [-0.25, -0.2) is 0 Å². The van der Waals surface area contributed by atoms with E-state index in [1.165, 1.54) is 0 Å². The molecule has 0 heterocycles. The molecule has 0 radical (unpaired) electrons. The topological polar surface area (TPSA) is 18.5 Å². The van der Waals surface area contributed by atoms with Crippen LogP contribution in [0.2, 0.25) is 0 Å². The van der Waals surface area contributed by atoms with Crippen LogP contribution in [0.5, 0.6) is 0 Å². The number of rotatable bonds is 7. The molecule has 0 aromatic heterocycles. The summed E-state index contributed by atoms with van der Waals surface area (Å²) in [5.74, 6) is 4.46. The molecule has 0 saturated heterocycles. The van der Waals surface area contributed by atoms with Crippen LogP contribution in [0.1, 0.15) is 181 Å². The Balaban J connectivity index is -0.000000102. The average molecular weight is 605 g/mol. The predicted octanol–water partition coefficient (Wildman–Crippen LogP) is 14.1. The lowest BCUT2D eigenvalue weighted by Crippen LogP contribution is -2.31. The number of hydrogen-bond acceptors (Lipinski definition) is 2. The lowest BCUT2D eigenvalue weighted by atomic mass is 9.76.